The second-order valence-corrected chi connectivity index (χ2v) is 5.46. The van der Waals surface area contributed by atoms with E-state index in [4.69, 9.17) is 11.6 Å². The van der Waals surface area contributed by atoms with E-state index in [0.717, 1.165) is 4.90 Å². The molecule has 0 aliphatic carbocycles. The van der Waals surface area contributed by atoms with Crippen molar-refractivity contribution < 1.29 is 0 Å². The van der Waals surface area contributed by atoms with Crippen LogP contribution < -0.4 is 0 Å². The van der Waals surface area contributed by atoms with E-state index in [1.807, 2.05) is 0 Å². The van der Waals surface area contributed by atoms with E-state index in [9.17, 15) is 0 Å². The Labute approximate surface area is 105 Å². The lowest BCUT2D eigenvalue weighted by molar-refractivity contribution is 1.45. The molecule has 68 valence electrons. The molecule has 0 N–H and O–H groups in total. The number of fused-ring (bicyclic) bond motifs is 1. The molecule has 1 heterocycles. The highest BCUT2D eigenvalue weighted by molar-refractivity contribution is 14.1. The Balaban J connectivity index is 2.87. The molecule has 0 aliphatic heterocycles. The van der Waals surface area contributed by atoms with Crippen LogP contribution in [-0.4, -0.2) is 0 Å². The summed E-state index contributed by atoms with van der Waals surface area (Å²) in [7, 11) is 0. The molecule has 0 saturated carbocycles. The van der Waals surface area contributed by atoms with Crippen molar-refractivity contribution in [2.75, 3.05) is 0 Å². The van der Waals surface area contributed by atoms with Gasteiger partial charge in [0.15, 0.2) is 0 Å². The van der Waals surface area contributed by atoms with Crippen LogP contribution in [0, 0.1) is 3.57 Å². The monoisotopic (exact) mass is 340 g/mol. The van der Waals surface area contributed by atoms with E-state index >= 15 is 0 Å². The van der Waals surface area contributed by atoms with Gasteiger partial charge in [-0.15, -0.1) is 35.6 Å². The van der Waals surface area contributed by atoms with Gasteiger partial charge in [0.1, 0.15) is 0 Å². The van der Waals surface area contributed by atoms with Gasteiger partial charge in [-0.2, -0.15) is 0 Å². The third-order valence-electron chi connectivity index (χ3n) is 1.88. The molecule has 0 atom stereocenters. The Bertz CT molecular complexity index is 450. The first-order valence-corrected chi connectivity index (χ1v) is 6.61. The molecular formula is C9H6ClIS2. The van der Waals surface area contributed by atoms with Gasteiger partial charge in [-0.1, -0.05) is 6.07 Å². The van der Waals surface area contributed by atoms with Crippen LogP contribution in [0.5, 0.6) is 0 Å². The summed E-state index contributed by atoms with van der Waals surface area (Å²) in [5, 5.41) is 3.30. The van der Waals surface area contributed by atoms with Crippen LogP contribution in [0.4, 0.5) is 0 Å². The van der Waals surface area contributed by atoms with E-state index in [1.54, 1.807) is 11.3 Å². The Morgan fingerprint density at radius 2 is 2.23 bits per heavy atom. The molecule has 0 saturated heterocycles. The first-order chi connectivity index (χ1) is 6.24. The maximum atomic E-state index is 5.85. The SMILES string of the molecule is Sc1csc2c(CCl)ccc(I)c12. The third kappa shape index (κ3) is 1.71. The molecular weight excluding hydrogens is 335 g/mol. The Hall–Kier alpha value is 0.550. The maximum Gasteiger partial charge on any atom is 0.0488 e. The highest BCUT2D eigenvalue weighted by atomic mass is 127. The fraction of sp³-hybridized carbons (Fsp3) is 0.111. The van der Waals surface area contributed by atoms with Crippen LogP contribution in [0.3, 0.4) is 0 Å². The van der Waals surface area contributed by atoms with Crippen LogP contribution in [0.2, 0.25) is 0 Å². The quantitative estimate of drug-likeness (QED) is 0.440. The topological polar surface area (TPSA) is 0 Å². The molecule has 0 unspecified atom stereocenters. The number of thiol groups is 1. The smallest absolute Gasteiger partial charge is 0.0488 e. The number of benzene rings is 1. The Morgan fingerprint density at radius 3 is 2.92 bits per heavy atom. The summed E-state index contributed by atoms with van der Waals surface area (Å²) < 4.78 is 2.51. The molecule has 0 fully saturated rings. The standard InChI is InChI=1S/C9H6ClIS2/c10-3-5-1-2-6(11)8-7(12)4-13-9(5)8/h1-2,4,12H,3H2. The summed E-state index contributed by atoms with van der Waals surface area (Å²) in [6, 6.07) is 4.17. The molecule has 0 bridgehead atoms. The van der Waals surface area contributed by atoms with Crippen LogP contribution in [-0.2, 0) is 5.88 Å². The zero-order valence-electron chi connectivity index (χ0n) is 6.55. The predicted molar refractivity (Wildman–Crippen MR) is 71.4 cm³/mol. The predicted octanol–water partition coefficient (Wildman–Crippen LogP) is 4.53. The number of hydrogen-bond acceptors (Lipinski definition) is 2. The van der Waals surface area contributed by atoms with Gasteiger partial charge in [-0.25, -0.2) is 0 Å². The zero-order chi connectivity index (χ0) is 9.42. The molecule has 2 aromatic rings. The van der Waals surface area contributed by atoms with E-state index < -0.39 is 0 Å². The van der Waals surface area contributed by atoms with Gasteiger partial charge in [0, 0.05) is 29.8 Å². The highest BCUT2D eigenvalue weighted by Crippen LogP contribution is 2.35. The van der Waals surface area contributed by atoms with Crippen molar-refractivity contribution in [1.82, 2.24) is 0 Å². The van der Waals surface area contributed by atoms with Crippen LogP contribution in [0.1, 0.15) is 5.56 Å². The van der Waals surface area contributed by atoms with Crippen LogP contribution >= 0.6 is 58.2 Å². The number of alkyl halides is 1. The molecule has 1 aromatic carbocycles. The average molecular weight is 341 g/mol. The second kappa shape index (κ2) is 3.96. The van der Waals surface area contributed by atoms with Crippen LogP contribution in [0.25, 0.3) is 10.1 Å². The van der Waals surface area contributed by atoms with Gasteiger partial charge < -0.3 is 0 Å². The van der Waals surface area contributed by atoms with Gasteiger partial charge in [-0.05, 0) is 34.2 Å². The van der Waals surface area contributed by atoms with Crippen molar-refractivity contribution in [3.8, 4) is 0 Å². The van der Waals surface area contributed by atoms with Crippen molar-refractivity contribution in [1.29, 1.82) is 0 Å². The van der Waals surface area contributed by atoms with Crippen LogP contribution in [0.15, 0.2) is 22.4 Å². The minimum Gasteiger partial charge on any atom is -0.142 e. The lowest BCUT2D eigenvalue weighted by Crippen LogP contribution is -1.80. The normalized spacial score (nSPS) is 11.0. The number of halogens is 2. The number of rotatable bonds is 1. The van der Waals surface area contributed by atoms with Crippen molar-refractivity contribution in [3.63, 3.8) is 0 Å². The van der Waals surface area contributed by atoms with Gasteiger partial charge in [0.2, 0.25) is 0 Å². The minimum atomic E-state index is 0.571. The summed E-state index contributed by atoms with van der Waals surface area (Å²) in [6.07, 6.45) is 0. The summed E-state index contributed by atoms with van der Waals surface area (Å²) in [4.78, 5) is 1.05. The summed E-state index contributed by atoms with van der Waals surface area (Å²) in [5.41, 5.74) is 1.20. The van der Waals surface area contributed by atoms with Gasteiger partial charge in [0.25, 0.3) is 0 Å². The van der Waals surface area contributed by atoms with Crippen molar-refractivity contribution in [2.45, 2.75) is 10.8 Å². The molecule has 0 aliphatic rings. The van der Waals surface area contributed by atoms with Gasteiger partial charge in [0.05, 0.1) is 0 Å². The molecule has 13 heavy (non-hydrogen) atoms. The first-order valence-electron chi connectivity index (χ1n) is 3.67. The summed E-state index contributed by atoms with van der Waals surface area (Å²) >= 11 is 14.3. The van der Waals surface area contributed by atoms with Gasteiger partial charge >= 0.3 is 0 Å². The van der Waals surface area contributed by atoms with E-state index in [2.05, 4.69) is 52.7 Å². The Morgan fingerprint density at radius 1 is 1.46 bits per heavy atom. The molecule has 4 heteroatoms. The molecule has 0 radical (unpaired) electrons. The molecule has 0 nitrogen and oxygen atoms in total. The average Bonchev–Trinajstić information content (AvgIpc) is 2.50. The molecule has 1 aromatic heterocycles. The highest BCUT2D eigenvalue weighted by Gasteiger charge is 2.08. The molecule has 0 spiro atoms. The lowest BCUT2D eigenvalue weighted by Gasteiger charge is -2.00. The fourth-order valence-electron chi connectivity index (χ4n) is 1.25. The van der Waals surface area contributed by atoms with Crippen molar-refractivity contribution in [3.05, 3.63) is 26.6 Å². The summed E-state index contributed by atoms with van der Waals surface area (Å²) in [5.74, 6) is 0.571. The van der Waals surface area contributed by atoms with Crippen molar-refractivity contribution in [2.24, 2.45) is 0 Å². The van der Waals surface area contributed by atoms with E-state index in [1.165, 1.54) is 19.2 Å². The lowest BCUT2D eigenvalue weighted by atomic mass is 10.2. The fourth-order valence-corrected chi connectivity index (χ4v) is 4.13. The summed E-state index contributed by atoms with van der Waals surface area (Å²) in [6.45, 7) is 0. The number of thiophene rings is 1. The zero-order valence-corrected chi connectivity index (χ0v) is 11.2. The third-order valence-corrected chi connectivity index (χ3v) is 4.65. The largest absolute Gasteiger partial charge is 0.142 e. The van der Waals surface area contributed by atoms with Gasteiger partial charge in [-0.3, -0.25) is 0 Å². The van der Waals surface area contributed by atoms with E-state index in [0.29, 0.717) is 5.88 Å². The molecule has 0 amide bonds. The number of hydrogen-bond donors (Lipinski definition) is 1. The Kier molecular flexibility index (Phi) is 3.07. The minimum absolute atomic E-state index is 0.571. The molecule has 2 rings (SSSR count). The van der Waals surface area contributed by atoms with E-state index in [-0.39, 0.29) is 0 Å². The van der Waals surface area contributed by atoms with Crippen molar-refractivity contribution >= 4 is 68.2 Å². The second-order valence-electron chi connectivity index (χ2n) is 2.67. The first kappa shape index (κ1) is 10.1. The maximum absolute atomic E-state index is 5.85.